The Morgan fingerprint density at radius 3 is 2.36 bits per heavy atom. The van der Waals surface area contributed by atoms with E-state index in [0.717, 1.165) is 18.4 Å². The van der Waals surface area contributed by atoms with Crippen LogP contribution < -0.4 is 0 Å². The van der Waals surface area contributed by atoms with Crippen LogP contribution in [0.2, 0.25) is 0 Å². The largest absolute Gasteiger partial charge is 0.385 e. The highest BCUT2D eigenvalue weighted by molar-refractivity contribution is 7.86. The predicted molar refractivity (Wildman–Crippen MR) is 58.6 cm³/mol. The maximum atomic E-state index is 11.8. The van der Waals surface area contributed by atoms with Crippen molar-refractivity contribution in [3.8, 4) is 0 Å². The first kappa shape index (κ1) is 10.4. The summed E-state index contributed by atoms with van der Waals surface area (Å²) >= 11 is 0. The SMILES string of the molecule is CC=C(C)C1(O)CC2CCC(C1)S2=O. The van der Waals surface area contributed by atoms with Gasteiger partial charge in [0.05, 0.1) is 5.60 Å². The molecule has 80 valence electrons. The van der Waals surface area contributed by atoms with E-state index in [0.29, 0.717) is 12.8 Å². The molecular weight excluding hydrogens is 196 g/mol. The van der Waals surface area contributed by atoms with Crippen molar-refractivity contribution in [3.05, 3.63) is 11.6 Å². The molecule has 0 aromatic rings. The molecular formula is C11H18O2S. The van der Waals surface area contributed by atoms with Crippen LogP contribution in [0.25, 0.3) is 0 Å². The van der Waals surface area contributed by atoms with E-state index < -0.39 is 16.4 Å². The molecule has 0 spiro atoms. The van der Waals surface area contributed by atoms with Crippen LogP contribution in [0, 0.1) is 0 Å². The van der Waals surface area contributed by atoms with Crippen LogP contribution in [0.5, 0.6) is 0 Å². The molecule has 2 bridgehead atoms. The third kappa shape index (κ3) is 1.47. The van der Waals surface area contributed by atoms with Gasteiger partial charge < -0.3 is 5.11 Å². The molecule has 2 saturated heterocycles. The first-order valence-electron chi connectivity index (χ1n) is 5.32. The van der Waals surface area contributed by atoms with Gasteiger partial charge >= 0.3 is 0 Å². The lowest BCUT2D eigenvalue weighted by atomic mass is 9.86. The number of hydrogen-bond donors (Lipinski definition) is 1. The molecule has 2 atom stereocenters. The van der Waals surface area contributed by atoms with E-state index in [1.165, 1.54) is 0 Å². The zero-order valence-electron chi connectivity index (χ0n) is 8.82. The van der Waals surface area contributed by atoms with Crippen LogP contribution in [-0.4, -0.2) is 25.4 Å². The summed E-state index contributed by atoms with van der Waals surface area (Å²) < 4.78 is 11.8. The van der Waals surface area contributed by atoms with Crippen molar-refractivity contribution in [2.24, 2.45) is 0 Å². The average Bonchev–Trinajstić information content (AvgIpc) is 2.42. The van der Waals surface area contributed by atoms with Gasteiger partial charge in [-0.3, -0.25) is 4.21 Å². The maximum Gasteiger partial charge on any atom is 0.0876 e. The van der Waals surface area contributed by atoms with E-state index in [2.05, 4.69) is 0 Å². The molecule has 2 rings (SSSR count). The quantitative estimate of drug-likeness (QED) is 0.675. The first-order chi connectivity index (χ1) is 6.57. The Kier molecular flexibility index (Phi) is 2.56. The van der Waals surface area contributed by atoms with Gasteiger partial charge in [0.2, 0.25) is 0 Å². The van der Waals surface area contributed by atoms with Crippen LogP contribution in [-0.2, 0) is 10.8 Å². The molecule has 14 heavy (non-hydrogen) atoms. The van der Waals surface area contributed by atoms with E-state index >= 15 is 0 Å². The topological polar surface area (TPSA) is 37.3 Å². The molecule has 0 aliphatic carbocycles. The predicted octanol–water partition coefficient (Wildman–Crippen LogP) is 1.76. The standard InChI is InChI=1S/C11H18O2S/c1-3-8(2)11(12)6-9-4-5-10(7-11)14(9)13/h3,9-10,12H,4-7H2,1-2H3. The summed E-state index contributed by atoms with van der Waals surface area (Å²) in [5.41, 5.74) is 0.389. The monoisotopic (exact) mass is 214 g/mol. The van der Waals surface area contributed by atoms with E-state index in [-0.39, 0.29) is 10.5 Å². The summed E-state index contributed by atoms with van der Waals surface area (Å²) in [5.74, 6) is 0. The summed E-state index contributed by atoms with van der Waals surface area (Å²) in [6.07, 6.45) is 5.46. The molecule has 2 unspecified atom stereocenters. The number of fused-ring (bicyclic) bond motifs is 2. The zero-order valence-corrected chi connectivity index (χ0v) is 9.64. The van der Waals surface area contributed by atoms with Gasteiger partial charge in [-0.15, -0.1) is 0 Å². The number of aliphatic hydroxyl groups is 1. The normalized spacial score (nSPS) is 48.2. The van der Waals surface area contributed by atoms with Crippen molar-refractivity contribution < 1.29 is 9.32 Å². The highest BCUT2D eigenvalue weighted by atomic mass is 32.2. The number of allylic oxidation sites excluding steroid dienone is 1. The van der Waals surface area contributed by atoms with Crippen molar-refractivity contribution in [1.82, 2.24) is 0 Å². The van der Waals surface area contributed by atoms with Gasteiger partial charge in [-0.05, 0) is 45.1 Å². The second-order valence-corrected chi connectivity index (χ2v) is 6.55. The van der Waals surface area contributed by atoms with Gasteiger partial charge in [-0.1, -0.05) is 6.08 Å². The van der Waals surface area contributed by atoms with Crippen LogP contribution in [0.4, 0.5) is 0 Å². The summed E-state index contributed by atoms with van der Waals surface area (Å²) in [6.45, 7) is 3.94. The molecule has 1 N–H and O–H groups in total. The van der Waals surface area contributed by atoms with Gasteiger partial charge in [-0.25, -0.2) is 0 Å². The molecule has 2 aliphatic rings. The molecule has 0 saturated carbocycles. The minimum absolute atomic E-state index is 0.244. The average molecular weight is 214 g/mol. The molecule has 0 amide bonds. The maximum absolute atomic E-state index is 11.8. The molecule has 3 heteroatoms. The minimum atomic E-state index is -0.671. The molecule has 0 aromatic heterocycles. The summed E-state index contributed by atoms with van der Waals surface area (Å²) in [7, 11) is -0.671. The Balaban J connectivity index is 2.24. The highest BCUT2D eigenvalue weighted by Gasteiger charge is 2.47. The van der Waals surface area contributed by atoms with Crippen LogP contribution >= 0.6 is 0 Å². The zero-order chi connectivity index (χ0) is 10.3. The Hall–Kier alpha value is -0.150. The van der Waals surface area contributed by atoms with E-state index in [9.17, 15) is 9.32 Å². The van der Waals surface area contributed by atoms with Crippen molar-refractivity contribution in [3.63, 3.8) is 0 Å². The van der Waals surface area contributed by atoms with Crippen molar-refractivity contribution in [2.45, 2.75) is 55.6 Å². The fraction of sp³-hybridized carbons (Fsp3) is 0.818. The first-order valence-corrected chi connectivity index (χ1v) is 6.59. The lowest BCUT2D eigenvalue weighted by molar-refractivity contribution is 0.0597. The van der Waals surface area contributed by atoms with E-state index in [1.54, 1.807) is 0 Å². The number of hydrogen-bond acceptors (Lipinski definition) is 2. The highest BCUT2D eigenvalue weighted by Crippen LogP contribution is 2.43. The Bertz CT molecular complexity index is 280. The van der Waals surface area contributed by atoms with Gasteiger partial charge in [0.15, 0.2) is 0 Å². The van der Waals surface area contributed by atoms with Gasteiger partial charge in [-0.2, -0.15) is 0 Å². The molecule has 2 nitrogen and oxygen atoms in total. The summed E-state index contributed by atoms with van der Waals surface area (Å²) in [4.78, 5) is 0. The molecule has 2 heterocycles. The smallest absolute Gasteiger partial charge is 0.0876 e. The fourth-order valence-corrected chi connectivity index (χ4v) is 4.83. The minimum Gasteiger partial charge on any atom is -0.385 e. The lowest BCUT2D eigenvalue weighted by Crippen LogP contribution is -2.43. The van der Waals surface area contributed by atoms with E-state index in [4.69, 9.17) is 0 Å². The second kappa shape index (κ2) is 3.46. The third-order valence-corrected chi connectivity index (χ3v) is 5.88. The molecule has 2 aliphatic heterocycles. The molecule has 2 fully saturated rings. The van der Waals surface area contributed by atoms with Crippen LogP contribution in [0.1, 0.15) is 39.5 Å². The Morgan fingerprint density at radius 1 is 1.43 bits per heavy atom. The van der Waals surface area contributed by atoms with Gasteiger partial charge in [0.1, 0.15) is 0 Å². The van der Waals surface area contributed by atoms with Crippen molar-refractivity contribution >= 4 is 10.8 Å². The molecule has 0 radical (unpaired) electrons. The Morgan fingerprint density at radius 2 is 1.93 bits per heavy atom. The Labute approximate surface area is 87.9 Å². The van der Waals surface area contributed by atoms with Crippen molar-refractivity contribution in [2.75, 3.05) is 0 Å². The fourth-order valence-electron chi connectivity index (χ4n) is 2.67. The summed E-state index contributed by atoms with van der Waals surface area (Å²) in [5, 5.41) is 10.9. The van der Waals surface area contributed by atoms with Crippen molar-refractivity contribution in [1.29, 1.82) is 0 Å². The van der Waals surface area contributed by atoms with E-state index in [1.807, 2.05) is 19.9 Å². The number of rotatable bonds is 1. The van der Waals surface area contributed by atoms with Crippen LogP contribution in [0.3, 0.4) is 0 Å². The third-order valence-electron chi connectivity index (χ3n) is 3.77. The second-order valence-electron chi connectivity index (χ2n) is 4.56. The molecule has 0 aromatic carbocycles. The van der Waals surface area contributed by atoms with Gasteiger partial charge in [0.25, 0.3) is 0 Å². The van der Waals surface area contributed by atoms with Crippen LogP contribution in [0.15, 0.2) is 11.6 Å². The van der Waals surface area contributed by atoms with Gasteiger partial charge in [0, 0.05) is 21.3 Å². The summed E-state index contributed by atoms with van der Waals surface area (Å²) in [6, 6.07) is 0. The lowest BCUT2D eigenvalue weighted by Gasteiger charge is -2.36.